The van der Waals surface area contributed by atoms with Gasteiger partial charge in [-0.3, -0.25) is 4.79 Å². The molecule has 1 aromatic carbocycles. The van der Waals surface area contributed by atoms with E-state index in [2.05, 4.69) is 0 Å². The summed E-state index contributed by atoms with van der Waals surface area (Å²) in [7, 11) is -1.81. The van der Waals surface area contributed by atoms with Crippen molar-refractivity contribution in [3.05, 3.63) is 28.8 Å². The fraction of sp³-hybridized carbons (Fsp3) is 0.364. The van der Waals surface area contributed by atoms with Crippen LogP contribution < -0.4 is 0 Å². The van der Waals surface area contributed by atoms with Crippen molar-refractivity contribution in [3.63, 3.8) is 0 Å². The van der Waals surface area contributed by atoms with Gasteiger partial charge < -0.3 is 4.90 Å². The third kappa shape index (κ3) is 2.22. The Labute approximate surface area is 115 Å². The fourth-order valence-corrected chi connectivity index (χ4v) is 4.24. The Balaban J connectivity index is 2.50. The maximum absolute atomic E-state index is 12.0. The predicted octanol–water partition coefficient (Wildman–Crippen LogP) is 1.87. The highest BCUT2D eigenvalue weighted by atomic mass is 35.5. The molecule has 2 rings (SSSR count). The van der Waals surface area contributed by atoms with Gasteiger partial charge in [0, 0.05) is 12.1 Å². The Morgan fingerprint density at radius 1 is 1.50 bits per heavy atom. The molecule has 0 radical (unpaired) electrons. The van der Waals surface area contributed by atoms with Crippen LogP contribution in [0.15, 0.2) is 23.1 Å². The maximum atomic E-state index is 12.0. The lowest BCUT2D eigenvalue weighted by atomic mass is 10.1. The lowest BCUT2D eigenvalue weighted by Gasteiger charge is -2.23. The van der Waals surface area contributed by atoms with Crippen LogP contribution in [0.25, 0.3) is 0 Å². The van der Waals surface area contributed by atoms with E-state index in [1.54, 1.807) is 13.1 Å². The van der Waals surface area contributed by atoms with Gasteiger partial charge in [0.1, 0.15) is 5.88 Å². The molecule has 1 unspecified atom stereocenters. The van der Waals surface area contributed by atoms with Crippen molar-refractivity contribution in [3.8, 4) is 0 Å². The molecular weight excluding hydrogens is 297 g/mol. The molecule has 0 aliphatic carbocycles. The molecule has 4 nitrogen and oxygen atoms in total. The minimum absolute atomic E-state index is 0.123. The second-order valence-electron chi connectivity index (χ2n) is 4.12. The molecule has 1 aliphatic rings. The number of carbonyl (C=O) groups excluding carboxylic acids is 1. The highest BCUT2D eigenvalue weighted by molar-refractivity contribution is 7.91. The summed E-state index contributed by atoms with van der Waals surface area (Å²) in [5.41, 5.74) is 0.559. The lowest BCUT2D eigenvalue weighted by Crippen LogP contribution is -2.33. The average Bonchev–Trinajstić information content (AvgIpc) is 2.59. The van der Waals surface area contributed by atoms with E-state index >= 15 is 0 Å². The molecule has 0 fully saturated rings. The third-order valence-corrected chi connectivity index (χ3v) is 5.28. The first-order chi connectivity index (χ1) is 8.36. The smallest absolute Gasteiger partial charge is 0.237 e. The van der Waals surface area contributed by atoms with Gasteiger partial charge in [0.2, 0.25) is 5.91 Å². The van der Waals surface area contributed by atoms with Crippen molar-refractivity contribution in [1.82, 2.24) is 4.90 Å². The molecule has 0 spiro atoms. The first kappa shape index (κ1) is 13.6. The standard InChI is InChI=1S/C11H11Cl2NO3S/c1-14(11(15)5-12)9-6-18(16,17)10-3-2-7(13)4-8(9)10/h2-4,9H,5-6H2,1H3. The third-order valence-electron chi connectivity index (χ3n) is 3.02. The van der Waals surface area contributed by atoms with Crippen molar-refractivity contribution >= 4 is 38.9 Å². The quantitative estimate of drug-likeness (QED) is 0.784. The minimum atomic E-state index is -3.35. The topological polar surface area (TPSA) is 54.5 Å². The molecule has 1 atom stereocenters. The molecule has 0 N–H and O–H groups in total. The van der Waals surface area contributed by atoms with E-state index in [-0.39, 0.29) is 22.4 Å². The van der Waals surface area contributed by atoms with Crippen LogP contribution in [-0.2, 0) is 14.6 Å². The number of amides is 1. The minimum Gasteiger partial charge on any atom is -0.337 e. The van der Waals surface area contributed by atoms with Crippen molar-refractivity contribution < 1.29 is 13.2 Å². The summed E-state index contributed by atoms with van der Waals surface area (Å²) in [6.45, 7) is 0. The predicted molar refractivity (Wildman–Crippen MR) is 69.7 cm³/mol. The number of sulfone groups is 1. The SMILES string of the molecule is CN(C(=O)CCl)C1CS(=O)(=O)c2ccc(Cl)cc21. The Kier molecular flexibility index (Phi) is 3.58. The summed E-state index contributed by atoms with van der Waals surface area (Å²) < 4.78 is 24.0. The summed E-state index contributed by atoms with van der Waals surface area (Å²) in [5.74, 6) is -0.616. The molecule has 98 valence electrons. The highest BCUT2D eigenvalue weighted by Crippen LogP contribution is 2.38. The number of nitrogens with zero attached hydrogens (tertiary/aromatic N) is 1. The van der Waals surface area contributed by atoms with Gasteiger partial charge in [-0.05, 0) is 23.8 Å². The number of halogens is 2. The van der Waals surface area contributed by atoms with Crippen LogP contribution in [0.3, 0.4) is 0 Å². The van der Waals surface area contributed by atoms with Gasteiger partial charge in [-0.25, -0.2) is 8.42 Å². The van der Waals surface area contributed by atoms with Crippen molar-refractivity contribution in [2.75, 3.05) is 18.7 Å². The number of fused-ring (bicyclic) bond motifs is 1. The second-order valence-corrected chi connectivity index (χ2v) is 6.82. The molecular formula is C11H11Cl2NO3S. The number of hydrogen-bond donors (Lipinski definition) is 0. The molecule has 0 bridgehead atoms. The zero-order valence-electron chi connectivity index (χ0n) is 9.56. The summed E-state index contributed by atoms with van der Waals surface area (Å²) in [6.07, 6.45) is 0. The summed E-state index contributed by atoms with van der Waals surface area (Å²) in [6, 6.07) is 4.08. The monoisotopic (exact) mass is 307 g/mol. The molecule has 18 heavy (non-hydrogen) atoms. The summed E-state index contributed by atoms with van der Waals surface area (Å²) in [4.78, 5) is 13.2. The molecule has 1 heterocycles. The van der Waals surface area contributed by atoms with E-state index in [1.165, 1.54) is 17.0 Å². The number of hydrogen-bond acceptors (Lipinski definition) is 3. The van der Waals surface area contributed by atoms with E-state index in [0.29, 0.717) is 10.6 Å². The van der Waals surface area contributed by atoms with E-state index in [9.17, 15) is 13.2 Å². The molecule has 0 saturated heterocycles. The first-order valence-corrected chi connectivity index (χ1v) is 7.77. The van der Waals surface area contributed by atoms with Crippen LogP contribution in [0, 0.1) is 0 Å². The van der Waals surface area contributed by atoms with Crippen LogP contribution >= 0.6 is 23.2 Å². The molecule has 1 aliphatic heterocycles. The van der Waals surface area contributed by atoms with E-state index < -0.39 is 15.9 Å². The number of carbonyl (C=O) groups is 1. The molecule has 7 heteroatoms. The molecule has 1 aromatic rings. The van der Waals surface area contributed by atoms with Gasteiger partial charge in [-0.2, -0.15) is 0 Å². The first-order valence-electron chi connectivity index (χ1n) is 5.20. The van der Waals surface area contributed by atoms with Gasteiger partial charge in [0.15, 0.2) is 9.84 Å². The normalized spacial score (nSPS) is 20.5. The molecule has 0 saturated carbocycles. The van der Waals surface area contributed by atoms with Gasteiger partial charge in [0.05, 0.1) is 16.7 Å². The highest BCUT2D eigenvalue weighted by Gasteiger charge is 2.38. The zero-order chi connectivity index (χ0) is 13.5. The number of alkyl halides is 1. The van der Waals surface area contributed by atoms with E-state index in [1.807, 2.05) is 0 Å². The van der Waals surface area contributed by atoms with Crippen LogP contribution in [0.1, 0.15) is 11.6 Å². The average molecular weight is 308 g/mol. The Hall–Kier alpha value is -0.780. The number of benzene rings is 1. The lowest BCUT2D eigenvalue weighted by molar-refractivity contribution is -0.128. The Morgan fingerprint density at radius 2 is 2.17 bits per heavy atom. The second kappa shape index (κ2) is 4.72. The van der Waals surface area contributed by atoms with Crippen LogP contribution in [0.5, 0.6) is 0 Å². The van der Waals surface area contributed by atoms with Gasteiger partial charge in [-0.1, -0.05) is 11.6 Å². The van der Waals surface area contributed by atoms with Crippen LogP contribution in [0.4, 0.5) is 0 Å². The van der Waals surface area contributed by atoms with Gasteiger partial charge in [-0.15, -0.1) is 11.6 Å². The molecule has 1 amide bonds. The maximum Gasteiger partial charge on any atom is 0.237 e. The molecule has 0 aromatic heterocycles. The largest absolute Gasteiger partial charge is 0.337 e. The Morgan fingerprint density at radius 3 is 2.78 bits per heavy atom. The number of rotatable bonds is 2. The van der Waals surface area contributed by atoms with Gasteiger partial charge in [0.25, 0.3) is 0 Å². The van der Waals surface area contributed by atoms with Crippen molar-refractivity contribution in [2.45, 2.75) is 10.9 Å². The Bertz CT molecular complexity index is 600. The van der Waals surface area contributed by atoms with Crippen LogP contribution in [-0.4, -0.2) is 37.9 Å². The van der Waals surface area contributed by atoms with Gasteiger partial charge >= 0.3 is 0 Å². The summed E-state index contributed by atoms with van der Waals surface area (Å²) >= 11 is 11.4. The fourth-order valence-electron chi connectivity index (χ4n) is 2.04. The summed E-state index contributed by atoms with van der Waals surface area (Å²) in [5, 5.41) is 0.447. The zero-order valence-corrected chi connectivity index (χ0v) is 11.9. The van der Waals surface area contributed by atoms with Crippen molar-refractivity contribution in [1.29, 1.82) is 0 Å². The van der Waals surface area contributed by atoms with Crippen LogP contribution in [0.2, 0.25) is 5.02 Å². The van der Waals surface area contributed by atoms with Crippen molar-refractivity contribution in [2.24, 2.45) is 0 Å². The van der Waals surface area contributed by atoms with E-state index in [4.69, 9.17) is 23.2 Å². The van der Waals surface area contributed by atoms with E-state index in [0.717, 1.165) is 0 Å².